The van der Waals surface area contributed by atoms with Gasteiger partial charge in [0, 0.05) is 12.1 Å². The minimum absolute atomic E-state index is 0.377. The summed E-state index contributed by atoms with van der Waals surface area (Å²) in [6, 6.07) is 9.02. The summed E-state index contributed by atoms with van der Waals surface area (Å²) >= 11 is 0. The van der Waals surface area contributed by atoms with Gasteiger partial charge in [0.05, 0.1) is 0 Å². The SMILES string of the molecule is CCc1ccc(CNC2(C)CCCCC2)cc1. The zero-order chi connectivity index (χ0) is 12.1. The normalized spacial score (nSPS) is 19.2. The molecule has 0 amide bonds. The summed E-state index contributed by atoms with van der Waals surface area (Å²) in [5.41, 5.74) is 3.22. The highest BCUT2D eigenvalue weighted by Crippen LogP contribution is 2.27. The van der Waals surface area contributed by atoms with Gasteiger partial charge in [0.1, 0.15) is 0 Å². The average molecular weight is 231 g/mol. The summed E-state index contributed by atoms with van der Waals surface area (Å²) in [4.78, 5) is 0. The third-order valence-electron chi connectivity index (χ3n) is 4.11. The summed E-state index contributed by atoms with van der Waals surface area (Å²) < 4.78 is 0. The maximum Gasteiger partial charge on any atom is 0.0210 e. The molecule has 1 saturated carbocycles. The first-order valence-corrected chi connectivity index (χ1v) is 7.05. The smallest absolute Gasteiger partial charge is 0.0210 e. The Hall–Kier alpha value is -0.820. The van der Waals surface area contributed by atoms with Crippen molar-refractivity contribution in [1.29, 1.82) is 0 Å². The summed E-state index contributed by atoms with van der Waals surface area (Å²) in [6.45, 7) is 5.60. The van der Waals surface area contributed by atoms with E-state index in [1.54, 1.807) is 0 Å². The topological polar surface area (TPSA) is 12.0 Å². The van der Waals surface area contributed by atoms with Crippen LogP contribution in [0.3, 0.4) is 0 Å². The van der Waals surface area contributed by atoms with E-state index in [4.69, 9.17) is 0 Å². The third-order valence-corrected chi connectivity index (χ3v) is 4.11. The largest absolute Gasteiger partial charge is 0.307 e. The molecule has 1 N–H and O–H groups in total. The molecule has 0 spiro atoms. The predicted molar refractivity (Wildman–Crippen MR) is 74.1 cm³/mol. The molecular formula is C16H25N. The fourth-order valence-electron chi connectivity index (χ4n) is 2.72. The molecule has 1 aromatic rings. The van der Waals surface area contributed by atoms with E-state index >= 15 is 0 Å². The highest BCUT2D eigenvalue weighted by atomic mass is 15.0. The van der Waals surface area contributed by atoms with Crippen molar-refractivity contribution in [3.8, 4) is 0 Å². The van der Waals surface area contributed by atoms with E-state index in [0.29, 0.717) is 5.54 Å². The van der Waals surface area contributed by atoms with Gasteiger partial charge in [0.2, 0.25) is 0 Å². The van der Waals surface area contributed by atoms with Crippen LogP contribution in [-0.4, -0.2) is 5.54 Å². The molecule has 1 aliphatic rings. The van der Waals surface area contributed by atoms with Gasteiger partial charge in [-0.05, 0) is 37.3 Å². The number of hydrogen-bond acceptors (Lipinski definition) is 1. The van der Waals surface area contributed by atoms with E-state index in [-0.39, 0.29) is 0 Å². The fourth-order valence-corrected chi connectivity index (χ4v) is 2.72. The Bertz CT molecular complexity index is 333. The van der Waals surface area contributed by atoms with Crippen LogP contribution in [0.2, 0.25) is 0 Å². The van der Waals surface area contributed by atoms with E-state index in [1.165, 1.54) is 43.2 Å². The van der Waals surface area contributed by atoms with Crippen molar-refractivity contribution in [3.63, 3.8) is 0 Å². The molecule has 0 aliphatic heterocycles. The van der Waals surface area contributed by atoms with Crippen molar-refractivity contribution < 1.29 is 0 Å². The molecule has 0 unspecified atom stereocenters. The highest BCUT2D eigenvalue weighted by Gasteiger charge is 2.25. The van der Waals surface area contributed by atoms with Crippen LogP contribution in [0, 0.1) is 0 Å². The molecule has 94 valence electrons. The van der Waals surface area contributed by atoms with Crippen LogP contribution < -0.4 is 5.32 Å². The molecule has 1 fully saturated rings. The first-order valence-electron chi connectivity index (χ1n) is 7.05. The van der Waals surface area contributed by atoms with Gasteiger partial charge in [-0.1, -0.05) is 50.5 Å². The lowest BCUT2D eigenvalue weighted by molar-refractivity contribution is 0.252. The number of aryl methyl sites for hydroxylation is 1. The molecule has 0 heterocycles. The van der Waals surface area contributed by atoms with Gasteiger partial charge in [-0.15, -0.1) is 0 Å². The molecule has 17 heavy (non-hydrogen) atoms. The van der Waals surface area contributed by atoms with Crippen LogP contribution in [0.25, 0.3) is 0 Å². The van der Waals surface area contributed by atoms with E-state index < -0.39 is 0 Å². The fraction of sp³-hybridized carbons (Fsp3) is 0.625. The summed E-state index contributed by atoms with van der Waals surface area (Å²) in [5, 5.41) is 3.75. The van der Waals surface area contributed by atoms with E-state index in [1.807, 2.05) is 0 Å². The highest BCUT2D eigenvalue weighted by molar-refractivity contribution is 5.22. The lowest BCUT2D eigenvalue weighted by Crippen LogP contribution is -2.43. The minimum Gasteiger partial charge on any atom is -0.307 e. The lowest BCUT2D eigenvalue weighted by Gasteiger charge is -2.34. The van der Waals surface area contributed by atoms with Gasteiger partial charge in [0.15, 0.2) is 0 Å². The molecule has 0 radical (unpaired) electrons. The molecular weight excluding hydrogens is 206 g/mol. The lowest BCUT2D eigenvalue weighted by atomic mass is 9.83. The third kappa shape index (κ3) is 3.57. The molecule has 1 heteroatoms. The number of benzene rings is 1. The van der Waals surface area contributed by atoms with Crippen molar-refractivity contribution in [2.24, 2.45) is 0 Å². The number of nitrogens with one attached hydrogen (secondary N) is 1. The second kappa shape index (κ2) is 5.68. The van der Waals surface area contributed by atoms with Crippen LogP contribution in [-0.2, 0) is 13.0 Å². The maximum atomic E-state index is 3.75. The van der Waals surface area contributed by atoms with Gasteiger partial charge in [-0.25, -0.2) is 0 Å². The predicted octanol–water partition coefficient (Wildman–Crippen LogP) is 4.06. The van der Waals surface area contributed by atoms with Crippen LogP contribution in [0.1, 0.15) is 57.1 Å². The zero-order valence-electron chi connectivity index (χ0n) is 11.3. The Labute approximate surface area is 106 Å². The van der Waals surface area contributed by atoms with Gasteiger partial charge >= 0.3 is 0 Å². The van der Waals surface area contributed by atoms with Gasteiger partial charge in [-0.2, -0.15) is 0 Å². The second-order valence-corrected chi connectivity index (χ2v) is 5.64. The summed E-state index contributed by atoms with van der Waals surface area (Å²) in [7, 11) is 0. The molecule has 0 saturated heterocycles. The quantitative estimate of drug-likeness (QED) is 0.824. The van der Waals surface area contributed by atoms with Gasteiger partial charge in [0.25, 0.3) is 0 Å². The first kappa shape index (κ1) is 12.6. The van der Waals surface area contributed by atoms with Gasteiger partial charge in [-0.3, -0.25) is 0 Å². The van der Waals surface area contributed by atoms with Crippen molar-refractivity contribution >= 4 is 0 Å². The molecule has 1 nitrogen and oxygen atoms in total. The number of rotatable bonds is 4. The Morgan fingerprint density at radius 2 is 1.59 bits per heavy atom. The first-order chi connectivity index (χ1) is 8.22. The van der Waals surface area contributed by atoms with Crippen molar-refractivity contribution in [3.05, 3.63) is 35.4 Å². The second-order valence-electron chi connectivity index (χ2n) is 5.64. The monoisotopic (exact) mass is 231 g/mol. The van der Waals surface area contributed by atoms with Gasteiger partial charge < -0.3 is 5.32 Å². The number of hydrogen-bond donors (Lipinski definition) is 1. The Morgan fingerprint density at radius 1 is 1.00 bits per heavy atom. The van der Waals surface area contributed by atoms with Crippen LogP contribution in [0.15, 0.2) is 24.3 Å². The molecule has 2 rings (SSSR count). The summed E-state index contributed by atoms with van der Waals surface area (Å²) in [5.74, 6) is 0. The average Bonchev–Trinajstić information content (AvgIpc) is 2.38. The molecule has 0 bridgehead atoms. The Balaban J connectivity index is 1.87. The van der Waals surface area contributed by atoms with Crippen molar-refractivity contribution in [2.75, 3.05) is 0 Å². The standard InChI is InChI=1S/C16H25N/c1-3-14-7-9-15(10-8-14)13-17-16(2)11-5-4-6-12-16/h7-10,17H,3-6,11-13H2,1-2H3. The Kier molecular flexibility index (Phi) is 4.22. The Morgan fingerprint density at radius 3 is 2.18 bits per heavy atom. The van der Waals surface area contributed by atoms with E-state index in [2.05, 4.69) is 43.4 Å². The van der Waals surface area contributed by atoms with Crippen LogP contribution >= 0.6 is 0 Å². The van der Waals surface area contributed by atoms with Crippen molar-refractivity contribution in [1.82, 2.24) is 5.32 Å². The minimum atomic E-state index is 0.377. The van der Waals surface area contributed by atoms with Crippen LogP contribution in [0.5, 0.6) is 0 Å². The van der Waals surface area contributed by atoms with E-state index in [0.717, 1.165) is 13.0 Å². The molecule has 1 aromatic carbocycles. The van der Waals surface area contributed by atoms with Crippen LogP contribution in [0.4, 0.5) is 0 Å². The van der Waals surface area contributed by atoms with E-state index in [9.17, 15) is 0 Å². The zero-order valence-corrected chi connectivity index (χ0v) is 11.3. The molecule has 0 aromatic heterocycles. The molecule has 1 aliphatic carbocycles. The van der Waals surface area contributed by atoms with Crippen molar-refractivity contribution in [2.45, 2.75) is 64.5 Å². The maximum absolute atomic E-state index is 3.75. The summed E-state index contributed by atoms with van der Waals surface area (Å²) in [6.07, 6.45) is 7.99. The molecule has 0 atom stereocenters.